The molecule has 2 amide bonds. The van der Waals surface area contributed by atoms with E-state index in [1.165, 1.54) is 17.0 Å². The number of benzene rings is 2. The molecular weight excluding hydrogens is 501 g/mol. The molecule has 0 aromatic heterocycles. The van der Waals surface area contributed by atoms with E-state index in [1.54, 1.807) is 44.4 Å². The maximum atomic E-state index is 13.5. The van der Waals surface area contributed by atoms with Crippen molar-refractivity contribution in [3.63, 3.8) is 0 Å². The lowest BCUT2D eigenvalue weighted by Gasteiger charge is -2.31. The molecule has 2 aromatic rings. The number of carbonyl (C=O) groups excluding carboxylic acids is 2. The minimum absolute atomic E-state index is 0.0119. The third-order valence-electron chi connectivity index (χ3n) is 5.11. The molecule has 2 aromatic carbocycles. The minimum Gasteiger partial charge on any atom is -0.497 e. The highest BCUT2D eigenvalue weighted by atomic mass is 35.5. The third kappa shape index (κ3) is 7.25. The van der Waals surface area contributed by atoms with Gasteiger partial charge in [-0.3, -0.25) is 13.9 Å². The van der Waals surface area contributed by atoms with Crippen LogP contribution in [-0.4, -0.2) is 57.6 Å². The molecule has 11 heteroatoms. The predicted molar refractivity (Wildman–Crippen MR) is 135 cm³/mol. The molecule has 8 nitrogen and oxygen atoms in total. The second-order valence-corrected chi connectivity index (χ2v) is 10.4. The molecule has 0 saturated heterocycles. The number of methoxy groups -OCH3 is 1. The van der Waals surface area contributed by atoms with Gasteiger partial charge in [-0.15, -0.1) is 0 Å². The summed E-state index contributed by atoms with van der Waals surface area (Å²) < 4.78 is 31.2. The van der Waals surface area contributed by atoms with Crippen molar-refractivity contribution in [2.75, 3.05) is 30.8 Å². The minimum atomic E-state index is -3.90. The fourth-order valence-electron chi connectivity index (χ4n) is 3.19. The van der Waals surface area contributed by atoms with Crippen molar-refractivity contribution in [3.8, 4) is 5.75 Å². The lowest BCUT2D eigenvalue weighted by atomic mass is 10.1. The Kier molecular flexibility index (Phi) is 10.0. The quantitative estimate of drug-likeness (QED) is 0.478. The normalized spacial score (nSPS) is 12.1. The Labute approximate surface area is 210 Å². The number of carbonyl (C=O) groups is 2. The largest absolute Gasteiger partial charge is 0.497 e. The highest BCUT2D eigenvalue weighted by Crippen LogP contribution is 2.33. The highest BCUT2D eigenvalue weighted by Gasteiger charge is 2.31. The molecular formula is C23H29Cl2N3O5S. The van der Waals surface area contributed by atoms with E-state index in [9.17, 15) is 18.0 Å². The van der Waals surface area contributed by atoms with Crippen molar-refractivity contribution < 1.29 is 22.7 Å². The monoisotopic (exact) mass is 529 g/mol. The van der Waals surface area contributed by atoms with Crippen LogP contribution in [0.4, 0.5) is 5.69 Å². The van der Waals surface area contributed by atoms with Crippen LogP contribution in [0.15, 0.2) is 42.5 Å². The van der Waals surface area contributed by atoms with Crippen LogP contribution in [0.5, 0.6) is 5.75 Å². The average molecular weight is 530 g/mol. The van der Waals surface area contributed by atoms with Crippen molar-refractivity contribution in [2.45, 2.75) is 32.9 Å². The van der Waals surface area contributed by atoms with Gasteiger partial charge in [-0.05, 0) is 43.2 Å². The Hall–Kier alpha value is -2.49. The molecule has 186 valence electrons. The van der Waals surface area contributed by atoms with Crippen molar-refractivity contribution in [1.29, 1.82) is 0 Å². The van der Waals surface area contributed by atoms with Crippen LogP contribution in [0.3, 0.4) is 0 Å². The molecule has 0 saturated carbocycles. The molecule has 0 aliphatic rings. The number of amides is 2. The number of nitrogens with zero attached hydrogens (tertiary/aromatic N) is 2. The SMILES string of the molecule is CCCNC(=O)C(C)N(Cc1ccc(OC)cc1)C(=O)CN(c1cccc(Cl)c1Cl)S(C)(=O)=O. The van der Waals surface area contributed by atoms with Crippen LogP contribution < -0.4 is 14.4 Å². The second-order valence-electron chi connectivity index (χ2n) is 7.68. The van der Waals surface area contributed by atoms with Gasteiger partial charge in [-0.2, -0.15) is 0 Å². The smallest absolute Gasteiger partial charge is 0.244 e. The molecule has 1 atom stereocenters. The Bertz CT molecular complexity index is 1110. The molecule has 0 aliphatic carbocycles. The van der Waals surface area contributed by atoms with Crippen LogP contribution in [-0.2, 0) is 26.2 Å². The summed E-state index contributed by atoms with van der Waals surface area (Å²) >= 11 is 12.3. The molecule has 1 N–H and O–H groups in total. The van der Waals surface area contributed by atoms with Gasteiger partial charge < -0.3 is 15.0 Å². The van der Waals surface area contributed by atoms with Gasteiger partial charge in [0, 0.05) is 13.1 Å². The molecule has 0 spiro atoms. The molecule has 0 radical (unpaired) electrons. The summed E-state index contributed by atoms with van der Waals surface area (Å²) in [5.41, 5.74) is 0.827. The van der Waals surface area contributed by atoms with Gasteiger partial charge >= 0.3 is 0 Å². The molecule has 0 fully saturated rings. The maximum Gasteiger partial charge on any atom is 0.244 e. The van der Waals surface area contributed by atoms with E-state index in [1.807, 2.05) is 6.92 Å². The van der Waals surface area contributed by atoms with Crippen LogP contribution in [0.2, 0.25) is 10.0 Å². The van der Waals surface area contributed by atoms with Crippen molar-refractivity contribution in [3.05, 3.63) is 58.1 Å². The topological polar surface area (TPSA) is 96.0 Å². The number of ether oxygens (including phenoxy) is 1. The lowest BCUT2D eigenvalue weighted by molar-refractivity contribution is -0.139. The zero-order chi connectivity index (χ0) is 25.5. The number of hydrogen-bond acceptors (Lipinski definition) is 5. The van der Waals surface area contributed by atoms with Crippen LogP contribution in [0.25, 0.3) is 0 Å². The van der Waals surface area contributed by atoms with Crippen molar-refractivity contribution in [2.24, 2.45) is 0 Å². The van der Waals surface area contributed by atoms with Crippen LogP contribution in [0.1, 0.15) is 25.8 Å². The van der Waals surface area contributed by atoms with E-state index in [-0.39, 0.29) is 28.2 Å². The molecule has 34 heavy (non-hydrogen) atoms. The first-order chi connectivity index (χ1) is 16.0. The van der Waals surface area contributed by atoms with E-state index in [2.05, 4.69) is 5.32 Å². The van der Waals surface area contributed by atoms with E-state index >= 15 is 0 Å². The Balaban J connectivity index is 2.40. The first-order valence-corrected chi connectivity index (χ1v) is 13.2. The standard InChI is InChI=1S/C23H29Cl2N3O5S/c1-5-13-26-23(30)16(2)27(14-17-9-11-18(33-3)12-10-17)21(29)15-28(34(4,31)32)20-8-6-7-19(24)22(20)25/h6-12,16H,5,13-15H2,1-4H3,(H,26,30). The van der Waals surface area contributed by atoms with Gasteiger partial charge in [0.15, 0.2) is 0 Å². The van der Waals surface area contributed by atoms with Crippen LogP contribution >= 0.6 is 23.2 Å². The summed E-state index contributed by atoms with van der Waals surface area (Å²) in [4.78, 5) is 27.5. The lowest BCUT2D eigenvalue weighted by Crippen LogP contribution is -2.51. The fraction of sp³-hybridized carbons (Fsp3) is 0.391. The molecule has 0 heterocycles. The number of sulfonamides is 1. The summed E-state index contributed by atoms with van der Waals surface area (Å²) in [6.07, 6.45) is 1.71. The number of nitrogens with one attached hydrogen (secondary N) is 1. The zero-order valence-electron chi connectivity index (χ0n) is 19.5. The molecule has 0 bridgehead atoms. The van der Waals surface area contributed by atoms with Crippen LogP contribution in [0, 0.1) is 0 Å². The third-order valence-corrected chi connectivity index (χ3v) is 7.04. The first-order valence-electron chi connectivity index (χ1n) is 10.6. The van der Waals surface area contributed by atoms with Gasteiger partial charge in [0.05, 0.1) is 29.1 Å². The van der Waals surface area contributed by atoms with Gasteiger partial charge in [-0.1, -0.05) is 48.3 Å². The fourth-order valence-corrected chi connectivity index (χ4v) is 4.49. The van der Waals surface area contributed by atoms with E-state index in [4.69, 9.17) is 27.9 Å². The summed E-state index contributed by atoms with van der Waals surface area (Å²) in [6, 6.07) is 10.7. The summed E-state index contributed by atoms with van der Waals surface area (Å²) in [5.74, 6) is -0.263. The van der Waals surface area contributed by atoms with Gasteiger partial charge in [0.25, 0.3) is 0 Å². The van der Waals surface area contributed by atoms with Crippen molar-refractivity contribution in [1.82, 2.24) is 10.2 Å². The summed E-state index contributed by atoms with van der Waals surface area (Å²) in [5, 5.41) is 2.95. The number of rotatable bonds is 11. The van der Waals surface area contributed by atoms with Gasteiger partial charge in [-0.25, -0.2) is 8.42 Å². The summed E-state index contributed by atoms with van der Waals surface area (Å²) in [6.45, 7) is 3.51. The number of anilines is 1. The van der Waals surface area contributed by atoms with E-state index in [0.717, 1.165) is 22.5 Å². The highest BCUT2D eigenvalue weighted by molar-refractivity contribution is 7.92. The van der Waals surface area contributed by atoms with Crippen molar-refractivity contribution >= 4 is 50.7 Å². The van der Waals surface area contributed by atoms with E-state index < -0.39 is 28.5 Å². The zero-order valence-corrected chi connectivity index (χ0v) is 21.9. The maximum absolute atomic E-state index is 13.5. The Morgan fingerprint density at radius 2 is 1.76 bits per heavy atom. The van der Waals surface area contributed by atoms with Gasteiger partial charge in [0.1, 0.15) is 18.3 Å². The second kappa shape index (κ2) is 12.3. The Morgan fingerprint density at radius 3 is 2.32 bits per heavy atom. The summed E-state index contributed by atoms with van der Waals surface area (Å²) in [7, 11) is -2.35. The predicted octanol–water partition coefficient (Wildman–Crippen LogP) is 3.71. The molecule has 0 aliphatic heterocycles. The average Bonchev–Trinajstić information content (AvgIpc) is 2.80. The van der Waals surface area contributed by atoms with E-state index in [0.29, 0.717) is 12.3 Å². The van der Waals surface area contributed by atoms with Gasteiger partial charge in [0.2, 0.25) is 21.8 Å². The number of hydrogen-bond donors (Lipinski definition) is 1. The molecule has 1 unspecified atom stereocenters. The Morgan fingerprint density at radius 1 is 1.12 bits per heavy atom. The molecule has 2 rings (SSSR count). The number of halogens is 2. The first kappa shape index (κ1) is 27.8.